The van der Waals surface area contributed by atoms with Crippen LogP contribution in [0.5, 0.6) is 0 Å². The number of carbonyl (C=O) groups is 2. The minimum atomic E-state index is -0.664. The van der Waals surface area contributed by atoms with E-state index in [1.165, 1.54) is 405 Å². The molecule has 0 spiro atoms. The van der Waals surface area contributed by atoms with Crippen molar-refractivity contribution < 1.29 is 24.5 Å². The van der Waals surface area contributed by atoms with E-state index in [0.717, 1.165) is 44.9 Å². The van der Waals surface area contributed by atoms with E-state index in [2.05, 4.69) is 43.5 Å². The summed E-state index contributed by atoms with van der Waals surface area (Å²) >= 11 is 0. The molecule has 0 bridgehead atoms. The molecule has 0 aromatic heterocycles. The van der Waals surface area contributed by atoms with Crippen LogP contribution in [0.1, 0.15) is 483 Å². The average Bonchev–Trinajstić information content (AvgIpc) is 3.72. The number of unbranched alkanes of at least 4 members (excludes halogenated alkanes) is 65. The Kier molecular flexibility index (Phi) is 79.3. The maximum atomic E-state index is 12.6. The molecule has 3 N–H and O–H groups in total. The molecule has 0 aliphatic carbocycles. The van der Waals surface area contributed by atoms with Crippen molar-refractivity contribution in [2.24, 2.45) is 0 Å². The normalized spacial score (nSPS) is 12.5. The summed E-state index contributed by atoms with van der Waals surface area (Å²) in [4.78, 5) is 24.7. The van der Waals surface area contributed by atoms with E-state index >= 15 is 0 Å². The molecular formula is C85H165NO5. The fourth-order valence-corrected chi connectivity index (χ4v) is 13.6. The summed E-state index contributed by atoms with van der Waals surface area (Å²) in [5.74, 6) is -0.00449. The van der Waals surface area contributed by atoms with Gasteiger partial charge in [0.25, 0.3) is 0 Å². The molecule has 0 saturated heterocycles. The van der Waals surface area contributed by atoms with E-state index in [1.807, 2.05) is 0 Å². The van der Waals surface area contributed by atoms with Gasteiger partial charge in [-0.25, -0.2) is 0 Å². The number of ether oxygens (including phenoxy) is 1. The monoisotopic (exact) mass is 1280 g/mol. The van der Waals surface area contributed by atoms with Crippen molar-refractivity contribution in [3.05, 3.63) is 24.3 Å². The number of rotatable bonds is 80. The Balaban J connectivity index is 3.35. The molecule has 6 nitrogen and oxygen atoms in total. The van der Waals surface area contributed by atoms with Gasteiger partial charge in [-0.15, -0.1) is 0 Å². The van der Waals surface area contributed by atoms with E-state index in [1.54, 1.807) is 0 Å². The summed E-state index contributed by atoms with van der Waals surface area (Å²) in [6.45, 7) is 5.02. The highest BCUT2D eigenvalue weighted by Crippen LogP contribution is 2.21. The number of carbonyl (C=O) groups excluding carboxylic acids is 2. The molecule has 0 aromatic rings. The van der Waals surface area contributed by atoms with Crippen molar-refractivity contribution in [2.75, 3.05) is 13.2 Å². The first-order chi connectivity index (χ1) is 45.0. The van der Waals surface area contributed by atoms with Gasteiger partial charge in [0.2, 0.25) is 5.91 Å². The van der Waals surface area contributed by atoms with Crippen LogP contribution < -0.4 is 5.32 Å². The average molecular weight is 1280 g/mol. The summed E-state index contributed by atoms with van der Waals surface area (Å²) < 4.78 is 5.52. The number of aliphatic hydroxyl groups is 2. The Morgan fingerprint density at radius 1 is 0.308 bits per heavy atom. The zero-order valence-electron chi connectivity index (χ0n) is 62.1. The minimum absolute atomic E-state index is 0.0228. The topological polar surface area (TPSA) is 95.9 Å². The third kappa shape index (κ3) is 77.2. The maximum absolute atomic E-state index is 12.6. The van der Waals surface area contributed by atoms with Gasteiger partial charge >= 0.3 is 5.97 Å². The molecule has 0 radical (unpaired) electrons. The number of amides is 1. The summed E-state index contributed by atoms with van der Waals surface area (Å²) in [5, 5.41) is 23.5. The van der Waals surface area contributed by atoms with Crippen LogP contribution in [0, 0.1) is 0 Å². The maximum Gasteiger partial charge on any atom is 0.305 e. The fraction of sp³-hybridized carbons (Fsp3) is 0.929. The molecule has 540 valence electrons. The standard InChI is InChI=1S/C85H165NO5/c1-3-5-7-9-11-13-15-17-19-21-23-42-45-49-53-57-61-65-69-73-77-83(88)82(81-87)86-84(89)78-74-70-66-62-58-54-50-46-43-39-37-35-33-31-29-27-25-24-26-28-30-32-34-36-38-40-44-48-52-56-60-64-68-72-76-80-91-85(90)79-75-71-67-63-59-55-51-47-41-22-20-18-16-14-12-10-8-6-4-2/h26,28,32,34,82-83,87-88H,3-25,27,29-31,33,35-81H2,1-2H3,(H,86,89)/b28-26-,34-32-. The number of allylic oxidation sites excluding steroid dienone is 4. The minimum Gasteiger partial charge on any atom is -0.466 e. The SMILES string of the molecule is CCCCCCCCCCCCCCCCCCCCCCC(O)C(CO)NC(=O)CCCCCCCCCCCCCCCCCCC/C=C\C/C=C\CCCCCCCCCCCCCOC(=O)CCCCCCCCCCCCCCCCCCCCC. The van der Waals surface area contributed by atoms with Crippen molar-refractivity contribution in [3.8, 4) is 0 Å². The van der Waals surface area contributed by atoms with Crippen LogP contribution in [0.25, 0.3) is 0 Å². The van der Waals surface area contributed by atoms with Crippen molar-refractivity contribution in [2.45, 2.75) is 495 Å². The molecule has 0 fully saturated rings. The Hall–Kier alpha value is -1.66. The van der Waals surface area contributed by atoms with Crippen molar-refractivity contribution >= 4 is 11.9 Å². The third-order valence-corrected chi connectivity index (χ3v) is 20.0. The Bertz CT molecular complexity index is 1430. The largest absolute Gasteiger partial charge is 0.466 e. The van der Waals surface area contributed by atoms with E-state index in [4.69, 9.17) is 4.74 Å². The highest BCUT2D eigenvalue weighted by Gasteiger charge is 2.20. The first-order valence-corrected chi connectivity index (χ1v) is 42.1. The fourth-order valence-electron chi connectivity index (χ4n) is 13.6. The lowest BCUT2D eigenvalue weighted by atomic mass is 10.0. The zero-order valence-corrected chi connectivity index (χ0v) is 62.1. The van der Waals surface area contributed by atoms with Gasteiger partial charge in [-0.1, -0.05) is 436 Å². The van der Waals surface area contributed by atoms with Crippen molar-refractivity contribution in [3.63, 3.8) is 0 Å². The Labute approximate surface area is 571 Å². The summed E-state index contributed by atoms with van der Waals surface area (Å²) in [7, 11) is 0. The van der Waals surface area contributed by atoms with E-state index in [-0.39, 0.29) is 18.5 Å². The Morgan fingerprint density at radius 3 is 0.835 bits per heavy atom. The number of hydrogen-bond acceptors (Lipinski definition) is 5. The lowest BCUT2D eigenvalue weighted by molar-refractivity contribution is -0.143. The van der Waals surface area contributed by atoms with Gasteiger partial charge in [-0.2, -0.15) is 0 Å². The van der Waals surface area contributed by atoms with Gasteiger partial charge in [0, 0.05) is 12.8 Å². The smallest absolute Gasteiger partial charge is 0.305 e. The molecular weight excluding hydrogens is 1110 g/mol. The second-order valence-electron chi connectivity index (χ2n) is 29.2. The first-order valence-electron chi connectivity index (χ1n) is 42.1. The van der Waals surface area contributed by atoms with Gasteiger partial charge in [0.15, 0.2) is 0 Å². The van der Waals surface area contributed by atoms with Gasteiger partial charge in [0.05, 0.1) is 25.4 Å². The van der Waals surface area contributed by atoms with E-state index in [0.29, 0.717) is 25.9 Å². The molecule has 91 heavy (non-hydrogen) atoms. The van der Waals surface area contributed by atoms with Crippen molar-refractivity contribution in [1.29, 1.82) is 0 Å². The second-order valence-corrected chi connectivity index (χ2v) is 29.2. The third-order valence-electron chi connectivity index (χ3n) is 20.0. The number of esters is 1. The predicted molar refractivity (Wildman–Crippen MR) is 403 cm³/mol. The number of nitrogens with one attached hydrogen (secondary N) is 1. The van der Waals surface area contributed by atoms with Crippen LogP contribution >= 0.6 is 0 Å². The molecule has 1 amide bonds. The van der Waals surface area contributed by atoms with Crippen LogP contribution in [-0.2, 0) is 14.3 Å². The molecule has 6 heteroatoms. The quantitative estimate of drug-likeness (QED) is 0.0320. The van der Waals surface area contributed by atoms with Crippen LogP contribution in [-0.4, -0.2) is 47.4 Å². The molecule has 0 aliphatic rings. The molecule has 0 heterocycles. The van der Waals surface area contributed by atoms with Gasteiger partial charge < -0.3 is 20.3 Å². The predicted octanol–water partition coefficient (Wildman–Crippen LogP) is 28.0. The molecule has 0 aliphatic heterocycles. The van der Waals surface area contributed by atoms with Crippen LogP contribution in [0.2, 0.25) is 0 Å². The summed E-state index contributed by atoms with van der Waals surface area (Å²) in [5.41, 5.74) is 0. The lowest BCUT2D eigenvalue weighted by Gasteiger charge is -2.22. The molecule has 2 unspecified atom stereocenters. The Morgan fingerprint density at radius 2 is 0.549 bits per heavy atom. The molecule has 0 aromatic carbocycles. The highest BCUT2D eigenvalue weighted by atomic mass is 16.5. The highest BCUT2D eigenvalue weighted by molar-refractivity contribution is 5.76. The summed E-state index contributed by atoms with van der Waals surface area (Å²) in [6, 6.07) is -0.541. The van der Waals surface area contributed by atoms with Gasteiger partial charge in [-0.05, 0) is 57.8 Å². The molecule has 2 atom stereocenters. The van der Waals surface area contributed by atoms with Crippen LogP contribution in [0.3, 0.4) is 0 Å². The molecule has 0 rings (SSSR count). The van der Waals surface area contributed by atoms with Crippen LogP contribution in [0.15, 0.2) is 24.3 Å². The lowest BCUT2D eigenvalue weighted by Crippen LogP contribution is -2.45. The second kappa shape index (κ2) is 80.8. The van der Waals surface area contributed by atoms with E-state index in [9.17, 15) is 19.8 Å². The number of hydrogen-bond donors (Lipinski definition) is 3. The van der Waals surface area contributed by atoms with Gasteiger partial charge in [0.1, 0.15) is 0 Å². The number of aliphatic hydroxyl groups excluding tert-OH is 2. The zero-order chi connectivity index (χ0) is 65.6. The van der Waals surface area contributed by atoms with Gasteiger partial charge in [-0.3, -0.25) is 9.59 Å². The van der Waals surface area contributed by atoms with E-state index < -0.39 is 12.1 Å². The first kappa shape index (κ1) is 89.3. The van der Waals surface area contributed by atoms with Crippen molar-refractivity contribution in [1.82, 2.24) is 5.32 Å². The summed E-state index contributed by atoms with van der Waals surface area (Å²) in [6.07, 6.45) is 104. The van der Waals surface area contributed by atoms with Crippen LogP contribution in [0.4, 0.5) is 0 Å². The molecule has 0 saturated carbocycles.